The van der Waals surface area contributed by atoms with Crippen LogP contribution in [-0.4, -0.2) is 29.6 Å². The Bertz CT molecular complexity index is 688. The van der Waals surface area contributed by atoms with Crippen LogP contribution < -0.4 is 11.1 Å². The minimum absolute atomic E-state index is 0.269. The highest BCUT2D eigenvalue weighted by atomic mass is 16.5. The van der Waals surface area contributed by atoms with Gasteiger partial charge in [0.15, 0.2) is 0 Å². The number of nitrogens with one attached hydrogen (secondary N) is 1. The lowest BCUT2D eigenvalue weighted by Gasteiger charge is -2.11. The molecule has 0 amide bonds. The first-order valence-corrected chi connectivity index (χ1v) is 8.16. The Morgan fingerprint density at radius 2 is 2.17 bits per heavy atom. The highest BCUT2D eigenvalue weighted by Gasteiger charge is 2.09. The van der Waals surface area contributed by atoms with Gasteiger partial charge in [0.05, 0.1) is 12.7 Å². The summed E-state index contributed by atoms with van der Waals surface area (Å²) in [6.07, 6.45) is 5.49. The minimum atomic E-state index is -0.324. The number of aryl methyl sites for hydroxylation is 2. The van der Waals surface area contributed by atoms with E-state index in [2.05, 4.69) is 22.2 Å². The fourth-order valence-corrected chi connectivity index (χ4v) is 2.39. The van der Waals surface area contributed by atoms with Crippen LogP contribution in [0.15, 0.2) is 30.5 Å². The molecular weight excluding hydrogens is 304 g/mol. The van der Waals surface area contributed by atoms with Gasteiger partial charge in [-0.05, 0) is 37.0 Å². The number of unbranched alkanes of at least 4 members (excludes halogenated alkanes) is 1. The lowest BCUT2D eigenvalue weighted by molar-refractivity contribution is 0.0600. The SMILES string of the molecule is CCCCNc1nc(N)ncc1CCc1cccc(C(=O)OC)c1. The first kappa shape index (κ1) is 17.7. The van der Waals surface area contributed by atoms with Gasteiger partial charge in [0.25, 0.3) is 0 Å². The summed E-state index contributed by atoms with van der Waals surface area (Å²) in [6.45, 7) is 3.00. The first-order chi connectivity index (χ1) is 11.6. The van der Waals surface area contributed by atoms with Crippen LogP contribution in [-0.2, 0) is 17.6 Å². The van der Waals surface area contributed by atoms with Gasteiger partial charge in [-0.1, -0.05) is 25.5 Å². The molecule has 128 valence electrons. The average molecular weight is 328 g/mol. The number of carbonyl (C=O) groups excluding carboxylic acids is 1. The number of methoxy groups -OCH3 is 1. The Morgan fingerprint density at radius 3 is 2.92 bits per heavy atom. The second-order valence-corrected chi connectivity index (χ2v) is 5.57. The highest BCUT2D eigenvalue weighted by molar-refractivity contribution is 5.89. The molecule has 0 unspecified atom stereocenters. The zero-order valence-corrected chi connectivity index (χ0v) is 14.2. The van der Waals surface area contributed by atoms with Crippen molar-refractivity contribution in [1.29, 1.82) is 0 Å². The fourth-order valence-electron chi connectivity index (χ4n) is 2.39. The molecule has 0 bridgehead atoms. The second-order valence-electron chi connectivity index (χ2n) is 5.57. The van der Waals surface area contributed by atoms with Crippen molar-refractivity contribution in [2.45, 2.75) is 32.6 Å². The van der Waals surface area contributed by atoms with Crippen LogP contribution >= 0.6 is 0 Å². The number of benzene rings is 1. The third-order valence-corrected chi connectivity index (χ3v) is 3.74. The molecule has 2 aromatic rings. The average Bonchev–Trinajstić information content (AvgIpc) is 2.61. The molecule has 0 aliphatic heterocycles. The molecule has 6 nitrogen and oxygen atoms in total. The van der Waals surface area contributed by atoms with Crippen molar-refractivity contribution in [2.75, 3.05) is 24.7 Å². The molecule has 1 heterocycles. The number of nitrogens with zero attached hydrogens (tertiary/aromatic N) is 2. The maximum atomic E-state index is 11.6. The molecule has 0 saturated heterocycles. The van der Waals surface area contributed by atoms with Crippen LogP contribution in [0.4, 0.5) is 11.8 Å². The lowest BCUT2D eigenvalue weighted by Crippen LogP contribution is -2.09. The van der Waals surface area contributed by atoms with Crippen molar-refractivity contribution in [3.05, 3.63) is 47.2 Å². The van der Waals surface area contributed by atoms with E-state index in [0.29, 0.717) is 5.56 Å². The van der Waals surface area contributed by atoms with Crippen molar-refractivity contribution in [2.24, 2.45) is 0 Å². The van der Waals surface area contributed by atoms with Crippen molar-refractivity contribution in [3.63, 3.8) is 0 Å². The molecule has 6 heteroatoms. The molecular formula is C18H24N4O2. The summed E-state index contributed by atoms with van der Waals surface area (Å²) < 4.78 is 4.76. The number of esters is 1. The quantitative estimate of drug-likeness (QED) is 0.572. The normalized spacial score (nSPS) is 10.4. The van der Waals surface area contributed by atoms with Crippen molar-refractivity contribution < 1.29 is 9.53 Å². The Balaban J connectivity index is 2.07. The summed E-state index contributed by atoms with van der Waals surface area (Å²) in [7, 11) is 1.38. The third-order valence-electron chi connectivity index (χ3n) is 3.74. The number of hydrogen-bond acceptors (Lipinski definition) is 6. The standard InChI is InChI=1S/C18H24N4O2/c1-3-4-10-20-16-15(12-21-18(19)22-16)9-8-13-6-5-7-14(11-13)17(23)24-2/h5-7,11-12H,3-4,8-10H2,1-2H3,(H3,19,20,21,22). The number of nitrogen functional groups attached to an aromatic ring is 1. The summed E-state index contributed by atoms with van der Waals surface area (Å²) in [4.78, 5) is 20.0. The zero-order valence-electron chi connectivity index (χ0n) is 14.2. The lowest BCUT2D eigenvalue weighted by atomic mass is 10.0. The number of rotatable bonds is 8. The molecule has 0 radical (unpaired) electrons. The molecule has 3 N–H and O–H groups in total. The van der Waals surface area contributed by atoms with Gasteiger partial charge in [0.2, 0.25) is 5.95 Å². The predicted molar refractivity (Wildman–Crippen MR) is 95.0 cm³/mol. The predicted octanol–water partition coefficient (Wildman–Crippen LogP) is 2.84. The van der Waals surface area contributed by atoms with E-state index in [1.807, 2.05) is 18.2 Å². The molecule has 24 heavy (non-hydrogen) atoms. The largest absolute Gasteiger partial charge is 0.465 e. The van der Waals surface area contributed by atoms with E-state index in [0.717, 1.165) is 49.2 Å². The molecule has 0 spiro atoms. The van der Waals surface area contributed by atoms with E-state index in [1.54, 1.807) is 12.3 Å². The van der Waals surface area contributed by atoms with Gasteiger partial charge >= 0.3 is 5.97 Å². The van der Waals surface area contributed by atoms with Crippen LogP contribution in [0.1, 0.15) is 41.3 Å². The Labute approximate surface area is 142 Å². The summed E-state index contributed by atoms with van der Waals surface area (Å²) in [5, 5.41) is 3.32. The molecule has 1 aromatic carbocycles. The smallest absolute Gasteiger partial charge is 0.337 e. The number of anilines is 2. The number of aromatic nitrogens is 2. The molecule has 2 rings (SSSR count). The monoisotopic (exact) mass is 328 g/mol. The van der Waals surface area contributed by atoms with Crippen LogP contribution in [0.5, 0.6) is 0 Å². The van der Waals surface area contributed by atoms with Gasteiger partial charge in [0, 0.05) is 18.3 Å². The molecule has 0 aliphatic rings. The minimum Gasteiger partial charge on any atom is -0.465 e. The molecule has 1 aromatic heterocycles. The van der Waals surface area contributed by atoms with Gasteiger partial charge in [-0.3, -0.25) is 0 Å². The Kier molecular flexibility index (Phi) is 6.54. The summed E-state index contributed by atoms with van der Waals surface area (Å²) in [5.41, 5.74) is 8.34. The van der Waals surface area contributed by atoms with E-state index >= 15 is 0 Å². The maximum absolute atomic E-state index is 11.6. The van der Waals surface area contributed by atoms with Gasteiger partial charge in [-0.25, -0.2) is 9.78 Å². The van der Waals surface area contributed by atoms with Crippen molar-refractivity contribution in [3.8, 4) is 0 Å². The van der Waals surface area contributed by atoms with Gasteiger partial charge in [0.1, 0.15) is 5.82 Å². The summed E-state index contributed by atoms with van der Waals surface area (Å²) in [6, 6.07) is 7.46. The van der Waals surface area contributed by atoms with Crippen molar-refractivity contribution in [1.82, 2.24) is 9.97 Å². The number of carbonyl (C=O) groups is 1. The second kappa shape index (κ2) is 8.86. The van der Waals surface area contributed by atoms with E-state index in [1.165, 1.54) is 7.11 Å². The van der Waals surface area contributed by atoms with E-state index in [-0.39, 0.29) is 11.9 Å². The van der Waals surface area contributed by atoms with Crippen LogP contribution in [0.3, 0.4) is 0 Å². The number of nitrogens with two attached hydrogens (primary N) is 1. The Hall–Kier alpha value is -2.63. The zero-order chi connectivity index (χ0) is 17.4. The van der Waals surface area contributed by atoms with Crippen molar-refractivity contribution >= 4 is 17.7 Å². The van der Waals surface area contributed by atoms with E-state index in [9.17, 15) is 4.79 Å². The van der Waals surface area contributed by atoms with Crippen LogP contribution in [0.25, 0.3) is 0 Å². The molecule has 0 fully saturated rings. The van der Waals surface area contributed by atoms with E-state index in [4.69, 9.17) is 10.5 Å². The number of ether oxygens (including phenoxy) is 1. The fraction of sp³-hybridized carbons (Fsp3) is 0.389. The topological polar surface area (TPSA) is 90.1 Å². The molecule has 0 atom stereocenters. The molecule has 0 aliphatic carbocycles. The summed E-state index contributed by atoms with van der Waals surface area (Å²) in [5.74, 6) is 0.736. The third kappa shape index (κ3) is 4.94. The molecule has 0 saturated carbocycles. The van der Waals surface area contributed by atoms with Crippen LogP contribution in [0, 0.1) is 0 Å². The highest BCUT2D eigenvalue weighted by Crippen LogP contribution is 2.17. The van der Waals surface area contributed by atoms with Gasteiger partial charge in [-0.15, -0.1) is 0 Å². The Morgan fingerprint density at radius 1 is 1.33 bits per heavy atom. The van der Waals surface area contributed by atoms with Crippen LogP contribution in [0.2, 0.25) is 0 Å². The number of hydrogen-bond donors (Lipinski definition) is 2. The van der Waals surface area contributed by atoms with Gasteiger partial charge < -0.3 is 15.8 Å². The van der Waals surface area contributed by atoms with E-state index < -0.39 is 0 Å². The maximum Gasteiger partial charge on any atom is 0.337 e. The van der Waals surface area contributed by atoms with Gasteiger partial charge in [-0.2, -0.15) is 4.98 Å². The first-order valence-electron chi connectivity index (χ1n) is 8.16. The summed E-state index contributed by atoms with van der Waals surface area (Å²) >= 11 is 0.